The van der Waals surface area contributed by atoms with Crippen LogP contribution in [0.15, 0.2) is 56.7 Å². The molecular formula is C17H11ClN2O3S2. The Morgan fingerprint density at radius 1 is 1.20 bits per heavy atom. The van der Waals surface area contributed by atoms with E-state index in [2.05, 4.69) is 9.71 Å². The fraction of sp³-hybridized carbons (Fsp3) is 0.0588. The van der Waals surface area contributed by atoms with Crippen LogP contribution in [0, 0.1) is 0 Å². The maximum atomic E-state index is 12.1. The van der Waals surface area contributed by atoms with Crippen molar-refractivity contribution in [3.63, 3.8) is 0 Å². The second-order valence-electron chi connectivity index (χ2n) is 5.12. The number of ether oxygens (including phenoxy) is 2. The number of nitrogens with one attached hydrogen (secondary N) is 1. The molecule has 0 aromatic heterocycles. The van der Waals surface area contributed by atoms with Gasteiger partial charge in [-0.05, 0) is 53.7 Å². The summed E-state index contributed by atoms with van der Waals surface area (Å²) in [5, 5.41) is 3.95. The molecule has 1 saturated heterocycles. The lowest BCUT2D eigenvalue weighted by Crippen LogP contribution is -2.19. The van der Waals surface area contributed by atoms with E-state index in [0.717, 1.165) is 10.5 Å². The highest BCUT2D eigenvalue weighted by Gasteiger charge is 2.24. The first kappa shape index (κ1) is 16.4. The molecule has 1 fully saturated rings. The highest BCUT2D eigenvalue weighted by Crippen LogP contribution is 2.35. The lowest BCUT2D eigenvalue weighted by atomic mass is 10.2. The van der Waals surface area contributed by atoms with Crippen LogP contribution in [-0.2, 0) is 4.79 Å². The van der Waals surface area contributed by atoms with Gasteiger partial charge in [0.25, 0.3) is 5.91 Å². The Labute approximate surface area is 157 Å². The first-order valence-electron chi connectivity index (χ1n) is 7.28. The average molecular weight is 391 g/mol. The number of amides is 1. The molecule has 2 aromatic carbocycles. The van der Waals surface area contributed by atoms with Gasteiger partial charge in [0.05, 0.1) is 4.91 Å². The van der Waals surface area contributed by atoms with Crippen LogP contribution in [0.1, 0.15) is 5.56 Å². The van der Waals surface area contributed by atoms with Crippen LogP contribution in [0.5, 0.6) is 11.5 Å². The van der Waals surface area contributed by atoms with Crippen molar-refractivity contribution in [3.05, 3.63) is 58.0 Å². The minimum absolute atomic E-state index is 0.173. The van der Waals surface area contributed by atoms with Gasteiger partial charge in [-0.3, -0.25) is 10.1 Å². The summed E-state index contributed by atoms with van der Waals surface area (Å²) in [6.07, 6.45) is 1.80. The SMILES string of the molecule is O=C1NC(=NSc2cccc(Cl)c2)S/C1=C\c1ccc2c(c1)OCO2. The lowest BCUT2D eigenvalue weighted by Gasteiger charge is -1.98. The number of amidine groups is 1. The summed E-state index contributed by atoms with van der Waals surface area (Å²) in [4.78, 5) is 13.6. The van der Waals surface area contributed by atoms with Crippen molar-refractivity contribution in [1.29, 1.82) is 0 Å². The monoisotopic (exact) mass is 390 g/mol. The number of halogens is 1. The van der Waals surface area contributed by atoms with Crippen LogP contribution < -0.4 is 14.8 Å². The molecule has 0 saturated carbocycles. The predicted octanol–water partition coefficient (Wildman–Crippen LogP) is 4.34. The fourth-order valence-electron chi connectivity index (χ4n) is 2.24. The molecule has 2 aliphatic rings. The van der Waals surface area contributed by atoms with E-state index in [-0.39, 0.29) is 12.7 Å². The maximum Gasteiger partial charge on any atom is 0.264 e. The van der Waals surface area contributed by atoms with Crippen LogP contribution in [0.25, 0.3) is 6.08 Å². The van der Waals surface area contributed by atoms with Crippen molar-refractivity contribution in [2.45, 2.75) is 4.90 Å². The van der Waals surface area contributed by atoms with Crippen LogP contribution in [-0.4, -0.2) is 17.9 Å². The highest BCUT2D eigenvalue weighted by atomic mass is 35.5. The Kier molecular flexibility index (Phi) is 4.61. The smallest absolute Gasteiger partial charge is 0.264 e. The van der Waals surface area contributed by atoms with Gasteiger partial charge in [0.1, 0.15) is 0 Å². The summed E-state index contributed by atoms with van der Waals surface area (Å²) < 4.78 is 15.0. The topological polar surface area (TPSA) is 59.9 Å². The van der Waals surface area contributed by atoms with Gasteiger partial charge in [0.2, 0.25) is 6.79 Å². The Morgan fingerprint density at radius 3 is 2.96 bits per heavy atom. The van der Waals surface area contributed by atoms with Gasteiger partial charge in [0.15, 0.2) is 16.7 Å². The van der Waals surface area contributed by atoms with Gasteiger partial charge < -0.3 is 9.47 Å². The standard InChI is InChI=1S/C17H11ClN2O3S2/c18-11-2-1-3-12(8-11)25-20-17-19-16(21)15(24-17)7-10-4-5-13-14(6-10)23-9-22-13/h1-8H,9H2,(H,19,20,21)/b15-7-. The number of carbonyl (C=O) groups excluding carboxylic acids is 1. The molecular weight excluding hydrogens is 380 g/mol. The molecule has 2 aromatic rings. The minimum Gasteiger partial charge on any atom is -0.454 e. The molecule has 5 nitrogen and oxygen atoms in total. The van der Waals surface area contributed by atoms with Crippen molar-refractivity contribution in [1.82, 2.24) is 5.32 Å². The zero-order valence-electron chi connectivity index (χ0n) is 12.7. The molecule has 25 heavy (non-hydrogen) atoms. The summed E-state index contributed by atoms with van der Waals surface area (Å²) in [7, 11) is 0. The fourth-order valence-corrected chi connectivity index (χ4v) is 4.00. The van der Waals surface area contributed by atoms with E-state index < -0.39 is 0 Å². The first-order chi connectivity index (χ1) is 12.2. The van der Waals surface area contributed by atoms with Crippen LogP contribution in [0.2, 0.25) is 5.02 Å². The number of hydrogen-bond donors (Lipinski definition) is 1. The summed E-state index contributed by atoms with van der Waals surface area (Å²) in [5.74, 6) is 1.22. The van der Waals surface area contributed by atoms with E-state index in [1.54, 1.807) is 12.1 Å². The van der Waals surface area contributed by atoms with E-state index in [1.165, 1.54) is 23.7 Å². The summed E-state index contributed by atoms with van der Waals surface area (Å²) in [6, 6.07) is 12.9. The van der Waals surface area contributed by atoms with Crippen molar-refractivity contribution in [2.24, 2.45) is 4.40 Å². The Balaban J connectivity index is 1.49. The molecule has 4 rings (SSSR count). The summed E-state index contributed by atoms with van der Waals surface area (Å²) >= 11 is 8.51. The number of hydrogen-bond acceptors (Lipinski definition) is 6. The third kappa shape index (κ3) is 3.78. The highest BCUT2D eigenvalue weighted by molar-refractivity contribution is 8.19. The van der Waals surface area contributed by atoms with Crippen molar-refractivity contribution >= 4 is 52.5 Å². The molecule has 8 heteroatoms. The number of benzene rings is 2. The van der Waals surface area contributed by atoms with Gasteiger partial charge in [-0.25, -0.2) is 0 Å². The van der Waals surface area contributed by atoms with Crippen LogP contribution in [0.3, 0.4) is 0 Å². The first-order valence-corrected chi connectivity index (χ1v) is 9.25. The second kappa shape index (κ2) is 7.03. The normalized spacial score (nSPS) is 18.8. The maximum absolute atomic E-state index is 12.1. The molecule has 0 spiro atoms. The second-order valence-corrected chi connectivity index (χ2v) is 7.43. The molecule has 1 N–H and O–H groups in total. The third-order valence-corrected chi connectivity index (χ3v) is 5.37. The molecule has 1 amide bonds. The number of carbonyl (C=O) groups is 1. The zero-order chi connectivity index (χ0) is 17.2. The molecule has 0 radical (unpaired) electrons. The number of thioether (sulfide) groups is 1. The summed E-state index contributed by atoms with van der Waals surface area (Å²) in [6.45, 7) is 0.224. The van der Waals surface area contributed by atoms with Crippen molar-refractivity contribution < 1.29 is 14.3 Å². The van der Waals surface area contributed by atoms with E-state index >= 15 is 0 Å². The Hall–Kier alpha value is -2.09. The minimum atomic E-state index is -0.173. The van der Waals surface area contributed by atoms with Crippen molar-refractivity contribution in [3.8, 4) is 11.5 Å². The van der Waals surface area contributed by atoms with E-state index in [4.69, 9.17) is 21.1 Å². The molecule has 2 heterocycles. The molecule has 0 atom stereocenters. The Morgan fingerprint density at radius 2 is 2.08 bits per heavy atom. The molecule has 0 aliphatic carbocycles. The van der Waals surface area contributed by atoms with Crippen LogP contribution in [0.4, 0.5) is 0 Å². The average Bonchev–Trinajstić information content (AvgIpc) is 3.19. The molecule has 2 aliphatic heterocycles. The Bertz CT molecular complexity index is 915. The van der Waals surface area contributed by atoms with Crippen LogP contribution >= 0.6 is 35.3 Å². The molecule has 126 valence electrons. The number of nitrogens with zero attached hydrogens (tertiary/aromatic N) is 1. The largest absolute Gasteiger partial charge is 0.454 e. The lowest BCUT2D eigenvalue weighted by molar-refractivity contribution is -0.115. The number of rotatable bonds is 3. The van der Waals surface area contributed by atoms with E-state index in [9.17, 15) is 4.79 Å². The van der Waals surface area contributed by atoms with Gasteiger partial charge in [0, 0.05) is 21.9 Å². The summed E-state index contributed by atoms with van der Waals surface area (Å²) in [5.41, 5.74) is 0.866. The van der Waals surface area contributed by atoms with Gasteiger partial charge in [-0.2, -0.15) is 4.40 Å². The van der Waals surface area contributed by atoms with E-state index in [1.807, 2.05) is 36.4 Å². The van der Waals surface area contributed by atoms with Gasteiger partial charge >= 0.3 is 0 Å². The molecule has 0 bridgehead atoms. The van der Waals surface area contributed by atoms with E-state index in [0.29, 0.717) is 26.6 Å². The van der Waals surface area contributed by atoms with Crippen molar-refractivity contribution in [2.75, 3.05) is 6.79 Å². The number of fused-ring (bicyclic) bond motifs is 1. The zero-order valence-corrected chi connectivity index (χ0v) is 15.1. The van der Waals surface area contributed by atoms with Gasteiger partial charge in [-0.15, -0.1) is 0 Å². The molecule has 0 unspecified atom stereocenters. The quantitative estimate of drug-likeness (QED) is 0.624. The van der Waals surface area contributed by atoms with Gasteiger partial charge in [-0.1, -0.05) is 23.7 Å². The predicted molar refractivity (Wildman–Crippen MR) is 101 cm³/mol. The third-order valence-electron chi connectivity index (χ3n) is 3.38.